The fourth-order valence-electron chi connectivity index (χ4n) is 4.07. The van der Waals surface area contributed by atoms with E-state index in [0.717, 1.165) is 57.7 Å². The van der Waals surface area contributed by atoms with Crippen molar-refractivity contribution in [2.75, 3.05) is 39.3 Å². The zero-order chi connectivity index (χ0) is 15.8. The van der Waals surface area contributed by atoms with Gasteiger partial charge >= 0.3 is 0 Å². The molecule has 0 aromatic heterocycles. The molecule has 0 spiro atoms. The Kier molecular flexibility index (Phi) is 5.42. The number of benzene rings is 1. The Morgan fingerprint density at radius 3 is 2.54 bits per heavy atom. The number of halogens is 2. The predicted molar refractivity (Wildman–Crippen MR) is 93.9 cm³/mol. The van der Waals surface area contributed by atoms with Crippen LogP contribution in [0.5, 0.6) is 0 Å². The van der Waals surface area contributed by atoms with Crippen LogP contribution in [0.15, 0.2) is 24.3 Å². The van der Waals surface area contributed by atoms with E-state index in [1.165, 1.54) is 12.1 Å². The quantitative estimate of drug-likeness (QED) is 0.901. The van der Waals surface area contributed by atoms with Crippen LogP contribution in [0.2, 0.25) is 0 Å². The van der Waals surface area contributed by atoms with Crippen molar-refractivity contribution in [3.8, 4) is 0 Å². The van der Waals surface area contributed by atoms with Crippen molar-refractivity contribution in [3.63, 3.8) is 0 Å². The Hall–Kier alpha value is -1.17. The van der Waals surface area contributed by atoms with Gasteiger partial charge in [0.1, 0.15) is 5.82 Å². The molecule has 1 aliphatic carbocycles. The molecule has 1 aromatic rings. The van der Waals surface area contributed by atoms with Crippen LogP contribution in [0.4, 0.5) is 4.39 Å². The number of rotatable bonds is 3. The summed E-state index contributed by atoms with van der Waals surface area (Å²) in [6, 6.07) is 7.16. The van der Waals surface area contributed by atoms with Gasteiger partial charge < -0.3 is 10.2 Å². The predicted octanol–water partition coefficient (Wildman–Crippen LogP) is 1.86. The number of carbonyl (C=O) groups is 1. The van der Waals surface area contributed by atoms with Crippen LogP contribution in [0.25, 0.3) is 0 Å². The highest BCUT2D eigenvalue weighted by atomic mass is 35.5. The van der Waals surface area contributed by atoms with E-state index >= 15 is 0 Å². The maximum Gasteiger partial charge on any atom is 0.226 e. The summed E-state index contributed by atoms with van der Waals surface area (Å²) >= 11 is 0. The molecule has 1 N–H and O–H groups in total. The third kappa shape index (κ3) is 3.58. The van der Waals surface area contributed by atoms with Gasteiger partial charge in [0.15, 0.2) is 0 Å². The lowest BCUT2D eigenvalue weighted by Crippen LogP contribution is -2.49. The minimum atomic E-state index is -0.212. The van der Waals surface area contributed by atoms with Gasteiger partial charge in [0.2, 0.25) is 5.91 Å². The van der Waals surface area contributed by atoms with Crippen LogP contribution in [-0.4, -0.2) is 61.0 Å². The molecule has 0 radical (unpaired) electrons. The fraction of sp³-hybridized carbons (Fsp3) is 0.611. The summed E-state index contributed by atoms with van der Waals surface area (Å²) in [4.78, 5) is 17.3. The van der Waals surface area contributed by atoms with Crippen LogP contribution in [-0.2, 0) is 4.79 Å². The summed E-state index contributed by atoms with van der Waals surface area (Å²) in [6.45, 7) is 6.06. The minimum absolute atomic E-state index is 0. The Bertz CT molecular complexity index is 576. The van der Waals surface area contributed by atoms with E-state index in [4.69, 9.17) is 0 Å². The molecule has 3 atom stereocenters. The lowest BCUT2D eigenvalue weighted by molar-refractivity contribution is -0.131. The van der Waals surface area contributed by atoms with Gasteiger partial charge in [0, 0.05) is 51.2 Å². The monoisotopic (exact) mass is 353 g/mol. The molecular formula is C18H25ClFN3O. The highest BCUT2D eigenvalue weighted by Gasteiger charge is 2.47. The first kappa shape index (κ1) is 17.6. The van der Waals surface area contributed by atoms with Gasteiger partial charge in [0.25, 0.3) is 0 Å². The summed E-state index contributed by atoms with van der Waals surface area (Å²) in [5.41, 5.74) is 1.10. The molecule has 2 heterocycles. The van der Waals surface area contributed by atoms with Crippen molar-refractivity contribution >= 4 is 18.3 Å². The fourth-order valence-corrected chi connectivity index (χ4v) is 4.07. The van der Waals surface area contributed by atoms with Gasteiger partial charge in [-0.3, -0.25) is 9.69 Å². The van der Waals surface area contributed by atoms with Gasteiger partial charge in [-0.15, -0.1) is 12.4 Å². The highest BCUT2D eigenvalue weighted by Crippen LogP contribution is 2.48. The van der Waals surface area contributed by atoms with Gasteiger partial charge in [-0.05, 0) is 36.5 Å². The first-order valence-electron chi connectivity index (χ1n) is 8.71. The number of hydrogen-bond donors (Lipinski definition) is 1. The van der Waals surface area contributed by atoms with Crippen molar-refractivity contribution in [3.05, 3.63) is 35.6 Å². The van der Waals surface area contributed by atoms with E-state index in [1.807, 2.05) is 12.1 Å². The SMILES string of the molecule is Cl.O=C(C1CC1c1ccc(F)cc1)N1CCC(N2CCNCC2)C1. The van der Waals surface area contributed by atoms with E-state index in [-0.39, 0.29) is 24.1 Å². The van der Waals surface area contributed by atoms with Gasteiger partial charge in [-0.25, -0.2) is 4.39 Å². The third-order valence-corrected chi connectivity index (χ3v) is 5.55. The zero-order valence-electron chi connectivity index (χ0n) is 13.8. The second-order valence-corrected chi connectivity index (χ2v) is 7.01. The molecule has 1 amide bonds. The average Bonchev–Trinajstić information content (AvgIpc) is 3.23. The van der Waals surface area contributed by atoms with Crippen molar-refractivity contribution in [2.45, 2.75) is 24.8 Å². The molecule has 3 unspecified atom stereocenters. The first-order valence-corrected chi connectivity index (χ1v) is 8.71. The lowest BCUT2D eigenvalue weighted by atomic mass is 10.1. The van der Waals surface area contributed by atoms with Crippen molar-refractivity contribution in [2.24, 2.45) is 5.92 Å². The van der Waals surface area contributed by atoms with E-state index < -0.39 is 0 Å². The molecule has 2 aliphatic heterocycles. The molecule has 3 aliphatic rings. The molecule has 1 aromatic carbocycles. The molecule has 132 valence electrons. The molecule has 2 saturated heterocycles. The Balaban J connectivity index is 0.00000169. The van der Waals surface area contributed by atoms with Gasteiger partial charge in [-0.2, -0.15) is 0 Å². The van der Waals surface area contributed by atoms with Crippen LogP contribution in [0.1, 0.15) is 24.3 Å². The number of amides is 1. The second kappa shape index (κ2) is 7.38. The topological polar surface area (TPSA) is 35.6 Å². The van der Waals surface area contributed by atoms with Gasteiger partial charge in [0.05, 0.1) is 0 Å². The van der Waals surface area contributed by atoms with Crippen molar-refractivity contribution in [1.82, 2.24) is 15.1 Å². The normalized spacial score (nSPS) is 30.0. The maximum absolute atomic E-state index is 13.0. The summed E-state index contributed by atoms with van der Waals surface area (Å²) in [5, 5.41) is 3.38. The summed E-state index contributed by atoms with van der Waals surface area (Å²) in [7, 11) is 0. The number of likely N-dealkylation sites (tertiary alicyclic amines) is 1. The van der Waals surface area contributed by atoms with E-state index in [9.17, 15) is 9.18 Å². The number of carbonyl (C=O) groups excluding carboxylic acids is 1. The Morgan fingerprint density at radius 2 is 1.83 bits per heavy atom. The Morgan fingerprint density at radius 1 is 1.12 bits per heavy atom. The first-order chi connectivity index (χ1) is 11.2. The Labute approximate surface area is 148 Å². The van der Waals surface area contributed by atoms with Gasteiger partial charge in [-0.1, -0.05) is 12.1 Å². The summed E-state index contributed by atoms with van der Waals surface area (Å²) in [6.07, 6.45) is 2.01. The second-order valence-electron chi connectivity index (χ2n) is 7.01. The van der Waals surface area contributed by atoms with Crippen molar-refractivity contribution < 1.29 is 9.18 Å². The molecule has 4 rings (SSSR count). The van der Waals surface area contributed by atoms with Crippen LogP contribution >= 0.6 is 12.4 Å². The standard InChI is InChI=1S/C18H24FN3O.ClH/c19-14-3-1-13(2-4-14)16-11-17(16)18(23)22-8-5-15(12-22)21-9-6-20-7-10-21;/h1-4,15-17,20H,5-12H2;1H. The molecule has 1 saturated carbocycles. The molecular weight excluding hydrogens is 329 g/mol. The number of piperazine rings is 1. The van der Waals surface area contributed by atoms with Crippen LogP contribution in [0, 0.1) is 11.7 Å². The smallest absolute Gasteiger partial charge is 0.226 e. The van der Waals surface area contributed by atoms with Crippen LogP contribution in [0.3, 0.4) is 0 Å². The number of nitrogens with zero attached hydrogens (tertiary/aromatic N) is 2. The average molecular weight is 354 g/mol. The third-order valence-electron chi connectivity index (χ3n) is 5.55. The summed E-state index contributed by atoms with van der Waals surface area (Å²) < 4.78 is 13.0. The molecule has 6 heteroatoms. The van der Waals surface area contributed by atoms with E-state index in [0.29, 0.717) is 17.9 Å². The number of nitrogens with one attached hydrogen (secondary N) is 1. The molecule has 0 bridgehead atoms. The van der Waals surface area contributed by atoms with E-state index in [1.54, 1.807) is 0 Å². The zero-order valence-corrected chi connectivity index (χ0v) is 14.6. The van der Waals surface area contributed by atoms with Crippen molar-refractivity contribution in [1.29, 1.82) is 0 Å². The van der Waals surface area contributed by atoms with E-state index in [2.05, 4.69) is 15.1 Å². The molecule has 4 nitrogen and oxygen atoms in total. The maximum atomic E-state index is 13.0. The molecule has 24 heavy (non-hydrogen) atoms. The van der Waals surface area contributed by atoms with Crippen LogP contribution < -0.4 is 5.32 Å². The number of hydrogen-bond acceptors (Lipinski definition) is 3. The summed E-state index contributed by atoms with van der Waals surface area (Å²) in [5.74, 6) is 0.496. The lowest BCUT2D eigenvalue weighted by Gasteiger charge is -2.32. The largest absolute Gasteiger partial charge is 0.341 e. The molecule has 3 fully saturated rings. The highest BCUT2D eigenvalue weighted by molar-refractivity contribution is 5.85. The minimum Gasteiger partial charge on any atom is -0.341 e.